The first-order valence-electron chi connectivity index (χ1n) is 6.32. The number of rotatable bonds is 5. The molecule has 1 heterocycles. The zero-order valence-corrected chi connectivity index (χ0v) is 12.2. The number of ether oxygens (including phenoxy) is 1. The van der Waals surface area contributed by atoms with E-state index in [-0.39, 0.29) is 11.6 Å². The van der Waals surface area contributed by atoms with E-state index in [1.54, 1.807) is 31.3 Å². The lowest BCUT2D eigenvalue weighted by molar-refractivity contribution is 0.0766. The minimum Gasteiger partial charge on any atom is -0.492 e. The minimum absolute atomic E-state index is 0.0731. The Balaban J connectivity index is 1.85. The van der Waals surface area contributed by atoms with E-state index in [0.29, 0.717) is 23.9 Å². The molecule has 6 heteroatoms. The van der Waals surface area contributed by atoms with E-state index in [1.165, 1.54) is 23.1 Å². The molecular formula is C15H14ClFN2O2. The Labute approximate surface area is 127 Å². The summed E-state index contributed by atoms with van der Waals surface area (Å²) in [6.45, 7) is 0.679. The fourth-order valence-corrected chi connectivity index (χ4v) is 1.78. The van der Waals surface area contributed by atoms with Gasteiger partial charge in [-0.2, -0.15) is 4.39 Å². The maximum atomic E-state index is 13.0. The van der Waals surface area contributed by atoms with Crippen molar-refractivity contribution >= 4 is 17.5 Å². The lowest BCUT2D eigenvalue weighted by atomic mass is 10.3. The highest BCUT2D eigenvalue weighted by Gasteiger charge is 2.13. The Morgan fingerprint density at radius 2 is 2.00 bits per heavy atom. The first kappa shape index (κ1) is 15.3. The van der Waals surface area contributed by atoms with Gasteiger partial charge < -0.3 is 9.64 Å². The first-order valence-corrected chi connectivity index (χ1v) is 6.70. The quantitative estimate of drug-likeness (QED) is 0.797. The fraction of sp³-hybridized carbons (Fsp3) is 0.200. The molecule has 110 valence electrons. The molecule has 1 aromatic carbocycles. The highest BCUT2D eigenvalue weighted by atomic mass is 35.5. The van der Waals surface area contributed by atoms with Gasteiger partial charge in [0.25, 0.3) is 5.91 Å². The van der Waals surface area contributed by atoms with Crippen molar-refractivity contribution in [1.29, 1.82) is 0 Å². The summed E-state index contributed by atoms with van der Waals surface area (Å²) in [7, 11) is 1.61. The number of hydrogen-bond acceptors (Lipinski definition) is 3. The highest BCUT2D eigenvalue weighted by molar-refractivity contribution is 6.30. The number of carbonyl (C=O) groups is 1. The van der Waals surface area contributed by atoms with Gasteiger partial charge in [-0.15, -0.1) is 0 Å². The number of likely N-dealkylation sites (N-methyl/N-ethyl adjacent to an activating group) is 1. The highest BCUT2D eigenvalue weighted by Crippen LogP contribution is 2.15. The third-order valence-electron chi connectivity index (χ3n) is 2.79. The SMILES string of the molecule is CN(CCOc1ccc(Cl)cc1)C(=O)c1cccc(F)n1. The van der Waals surface area contributed by atoms with Crippen LogP contribution in [0.2, 0.25) is 5.02 Å². The number of halogens is 2. The van der Waals surface area contributed by atoms with Crippen LogP contribution in [-0.4, -0.2) is 36.0 Å². The second-order valence-corrected chi connectivity index (χ2v) is 4.81. The molecule has 0 fully saturated rings. The summed E-state index contributed by atoms with van der Waals surface area (Å²) in [6.07, 6.45) is 0. The molecule has 0 aliphatic rings. The van der Waals surface area contributed by atoms with Gasteiger partial charge in [0.1, 0.15) is 18.1 Å². The molecule has 1 amide bonds. The maximum absolute atomic E-state index is 13.0. The Kier molecular flexibility index (Phi) is 5.11. The van der Waals surface area contributed by atoms with E-state index in [9.17, 15) is 9.18 Å². The molecule has 0 aliphatic carbocycles. The van der Waals surface area contributed by atoms with Crippen LogP contribution in [-0.2, 0) is 0 Å². The summed E-state index contributed by atoms with van der Waals surface area (Å²) in [4.78, 5) is 17.0. The smallest absolute Gasteiger partial charge is 0.272 e. The van der Waals surface area contributed by atoms with Crippen LogP contribution in [0.5, 0.6) is 5.75 Å². The number of nitrogens with zero attached hydrogens (tertiary/aromatic N) is 2. The lowest BCUT2D eigenvalue weighted by Crippen LogP contribution is -2.31. The lowest BCUT2D eigenvalue weighted by Gasteiger charge is -2.17. The monoisotopic (exact) mass is 308 g/mol. The van der Waals surface area contributed by atoms with E-state index < -0.39 is 5.95 Å². The predicted molar refractivity (Wildman–Crippen MR) is 78.1 cm³/mol. The topological polar surface area (TPSA) is 42.4 Å². The predicted octanol–water partition coefficient (Wildman–Crippen LogP) is 3.03. The second-order valence-electron chi connectivity index (χ2n) is 4.37. The third-order valence-corrected chi connectivity index (χ3v) is 3.04. The largest absolute Gasteiger partial charge is 0.492 e. The Morgan fingerprint density at radius 3 is 2.67 bits per heavy atom. The molecule has 0 saturated carbocycles. The molecule has 0 unspecified atom stereocenters. The first-order chi connectivity index (χ1) is 10.1. The van der Waals surface area contributed by atoms with Gasteiger partial charge in [-0.05, 0) is 36.4 Å². The molecule has 4 nitrogen and oxygen atoms in total. The van der Waals surface area contributed by atoms with Crippen molar-refractivity contribution < 1.29 is 13.9 Å². The molecule has 0 radical (unpaired) electrons. The maximum Gasteiger partial charge on any atom is 0.272 e. The van der Waals surface area contributed by atoms with Gasteiger partial charge in [0.15, 0.2) is 0 Å². The van der Waals surface area contributed by atoms with Crippen molar-refractivity contribution in [3.63, 3.8) is 0 Å². The second kappa shape index (κ2) is 7.04. The summed E-state index contributed by atoms with van der Waals surface area (Å²) in [5, 5.41) is 0.631. The summed E-state index contributed by atoms with van der Waals surface area (Å²) in [5.41, 5.74) is 0.0731. The molecular weight excluding hydrogens is 295 g/mol. The number of carbonyl (C=O) groups excluding carboxylic acids is 1. The molecule has 1 aromatic heterocycles. The van der Waals surface area contributed by atoms with Crippen LogP contribution in [0.1, 0.15) is 10.5 Å². The molecule has 0 aliphatic heterocycles. The minimum atomic E-state index is -0.674. The Bertz CT molecular complexity index is 619. The third kappa shape index (κ3) is 4.43. The van der Waals surface area contributed by atoms with E-state index in [0.717, 1.165) is 0 Å². The molecule has 0 N–H and O–H groups in total. The molecule has 2 rings (SSSR count). The van der Waals surface area contributed by atoms with E-state index >= 15 is 0 Å². The van der Waals surface area contributed by atoms with Crippen LogP contribution >= 0.6 is 11.6 Å². The molecule has 2 aromatic rings. The van der Waals surface area contributed by atoms with Gasteiger partial charge in [0.2, 0.25) is 5.95 Å². The van der Waals surface area contributed by atoms with Gasteiger partial charge in [-0.25, -0.2) is 4.98 Å². The van der Waals surface area contributed by atoms with Crippen molar-refractivity contribution in [2.24, 2.45) is 0 Å². The number of aromatic nitrogens is 1. The van der Waals surface area contributed by atoms with Crippen LogP contribution < -0.4 is 4.74 Å². The van der Waals surface area contributed by atoms with Crippen molar-refractivity contribution in [3.8, 4) is 5.75 Å². The zero-order chi connectivity index (χ0) is 15.2. The van der Waals surface area contributed by atoms with Crippen LogP contribution in [0.15, 0.2) is 42.5 Å². The van der Waals surface area contributed by atoms with Gasteiger partial charge >= 0.3 is 0 Å². The summed E-state index contributed by atoms with van der Waals surface area (Å²) < 4.78 is 18.5. The van der Waals surface area contributed by atoms with E-state index in [1.807, 2.05) is 0 Å². The molecule has 0 bridgehead atoms. The molecule has 0 spiro atoms. The summed E-state index contributed by atoms with van der Waals surface area (Å²) >= 11 is 5.77. The van der Waals surface area contributed by atoms with E-state index in [2.05, 4.69) is 4.98 Å². The molecule has 0 atom stereocenters. The summed E-state index contributed by atoms with van der Waals surface area (Å²) in [6, 6.07) is 11.1. The van der Waals surface area contributed by atoms with Crippen LogP contribution in [0.4, 0.5) is 4.39 Å². The average Bonchev–Trinajstić information content (AvgIpc) is 2.48. The van der Waals surface area contributed by atoms with Crippen LogP contribution in [0, 0.1) is 5.95 Å². The Morgan fingerprint density at radius 1 is 1.29 bits per heavy atom. The number of pyridine rings is 1. The molecule has 21 heavy (non-hydrogen) atoms. The number of hydrogen-bond donors (Lipinski definition) is 0. The van der Waals surface area contributed by atoms with Gasteiger partial charge in [0, 0.05) is 12.1 Å². The summed E-state index contributed by atoms with van der Waals surface area (Å²) in [5.74, 6) is -0.356. The van der Waals surface area contributed by atoms with Gasteiger partial charge in [0.05, 0.1) is 6.54 Å². The van der Waals surface area contributed by atoms with Crippen LogP contribution in [0.25, 0.3) is 0 Å². The van der Waals surface area contributed by atoms with E-state index in [4.69, 9.17) is 16.3 Å². The van der Waals surface area contributed by atoms with Crippen LogP contribution in [0.3, 0.4) is 0 Å². The zero-order valence-electron chi connectivity index (χ0n) is 11.4. The van der Waals surface area contributed by atoms with Gasteiger partial charge in [-0.1, -0.05) is 17.7 Å². The standard InChI is InChI=1S/C15H14ClFN2O2/c1-19(15(20)13-3-2-4-14(17)18-13)9-10-21-12-7-5-11(16)6-8-12/h2-8H,9-10H2,1H3. The normalized spacial score (nSPS) is 10.2. The number of amides is 1. The van der Waals surface area contributed by atoms with Crippen molar-refractivity contribution in [1.82, 2.24) is 9.88 Å². The number of benzene rings is 1. The molecule has 0 saturated heterocycles. The average molecular weight is 309 g/mol. The van der Waals surface area contributed by atoms with Crippen molar-refractivity contribution in [3.05, 3.63) is 59.1 Å². The Hall–Kier alpha value is -2.14. The van der Waals surface area contributed by atoms with Crippen molar-refractivity contribution in [2.75, 3.05) is 20.2 Å². The van der Waals surface area contributed by atoms with Gasteiger partial charge in [-0.3, -0.25) is 4.79 Å². The van der Waals surface area contributed by atoms with Crippen molar-refractivity contribution in [2.45, 2.75) is 0 Å². The fourth-order valence-electron chi connectivity index (χ4n) is 1.66.